The van der Waals surface area contributed by atoms with Crippen molar-refractivity contribution in [1.82, 2.24) is 9.78 Å². The molecular formula is C14H16N2O3. The predicted octanol–water partition coefficient (Wildman–Crippen LogP) is 2.09. The summed E-state index contributed by atoms with van der Waals surface area (Å²) in [4.78, 5) is 10.7. The number of hydrogen-bond donors (Lipinski definition) is 0. The van der Waals surface area contributed by atoms with Crippen molar-refractivity contribution < 1.29 is 14.3 Å². The molecule has 1 heterocycles. The van der Waals surface area contributed by atoms with E-state index in [9.17, 15) is 4.79 Å². The van der Waals surface area contributed by atoms with Crippen LogP contribution in [0, 0.1) is 6.92 Å². The molecule has 1 aromatic heterocycles. The topological polar surface area (TPSA) is 53.4 Å². The summed E-state index contributed by atoms with van der Waals surface area (Å²) in [5.74, 6) is 1.18. The van der Waals surface area contributed by atoms with Crippen LogP contribution >= 0.6 is 0 Å². The third-order valence-electron chi connectivity index (χ3n) is 2.66. The highest BCUT2D eigenvalue weighted by Gasteiger charge is 2.05. The Morgan fingerprint density at radius 3 is 2.84 bits per heavy atom. The van der Waals surface area contributed by atoms with Crippen molar-refractivity contribution in [2.45, 2.75) is 13.5 Å². The average Bonchev–Trinajstić information content (AvgIpc) is 2.84. The van der Waals surface area contributed by atoms with E-state index in [4.69, 9.17) is 9.47 Å². The molecule has 0 unspecified atom stereocenters. The molecule has 0 aliphatic carbocycles. The van der Waals surface area contributed by atoms with E-state index < -0.39 is 0 Å². The Labute approximate surface area is 111 Å². The molecule has 0 fully saturated rings. The molecule has 0 atom stereocenters. The molecule has 0 radical (unpaired) electrons. The van der Waals surface area contributed by atoms with Crippen molar-refractivity contribution in [2.24, 2.45) is 0 Å². The van der Waals surface area contributed by atoms with E-state index in [0.717, 1.165) is 11.8 Å². The van der Waals surface area contributed by atoms with Crippen LogP contribution in [0.25, 0.3) is 0 Å². The number of aldehydes is 1. The summed E-state index contributed by atoms with van der Waals surface area (Å²) in [7, 11) is 1.57. The van der Waals surface area contributed by atoms with Gasteiger partial charge in [0.05, 0.1) is 19.9 Å². The Hall–Kier alpha value is -2.30. The van der Waals surface area contributed by atoms with Crippen molar-refractivity contribution in [3.63, 3.8) is 0 Å². The van der Waals surface area contributed by atoms with Crippen LogP contribution < -0.4 is 9.47 Å². The van der Waals surface area contributed by atoms with Crippen LogP contribution in [-0.2, 0) is 6.54 Å². The maximum absolute atomic E-state index is 10.7. The maximum atomic E-state index is 10.7. The number of hydrogen-bond acceptors (Lipinski definition) is 4. The zero-order valence-electron chi connectivity index (χ0n) is 11.0. The number of carbonyl (C=O) groups is 1. The number of ether oxygens (including phenoxy) is 2. The quantitative estimate of drug-likeness (QED) is 0.746. The number of aryl methyl sites for hydroxylation is 1. The molecule has 5 nitrogen and oxygen atoms in total. The Morgan fingerprint density at radius 2 is 2.21 bits per heavy atom. The number of methoxy groups -OCH3 is 1. The highest BCUT2D eigenvalue weighted by atomic mass is 16.5. The summed E-state index contributed by atoms with van der Waals surface area (Å²) in [5, 5.41) is 4.17. The van der Waals surface area contributed by atoms with Gasteiger partial charge in [-0.1, -0.05) is 0 Å². The van der Waals surface area contributed by atoms with Gasteiger partial charge in [0.15, 0.2) is 11.5 Å². The Morgan fingerprint density at radius 1 is 1.37 bits per heavy atom. The van der Waals surface area contributed by atoms with Crippen LogP contribution in [0.1, 0.15) is 15.9 Å². The molecule has 0 bridgehead atoms. The summed E-state index contributed by atoms with van der Waals surface area (Å²) >= 11 is 0. The predicted molar refractivity (Wildman–Crippen MR) is 70.8 cm³/mol. The van der Waals surface area contributed by atoms with Gasteiger partial charge in [0, 0.05) is 11.8 Å². The molecule has 0 amide bonds. The first kappa shape index (κ1) is 13.1. The van der Waals surface area contributed by atoms with Gasteiger partial charge in [-0.25, -0.2) is 0 Å². The Bertz CT molecular complexity index is 564. The zero-order valence-corrected chi connectivity index (χ0v) is 11.0. The fourth-order valence-electron chi connectivity index (χ4n) is 1.72. The van der Waals surface area contributed by atoms with Gasteiger partial charge in [-0.15, -0.1) is 0 Å². The van der Waals surface area contributed by atoms with E-state index in [0.29, 0.717) is 30.2 Å². The molecule has 0 saturated heterocycles. The first-order valence-corrected chi connectivity index (χ1v) is 5.98. The Balaban J connectivity index is 1.99. The van der Waals surface area contributed by atoms with Gasteiger partial charge in [-0.2, -0.15) is 5.10 Å². The normalized spacial score (nSPS) is 10.2. The zero-order chi connectivity index (χ0) is 13.7. The molecule has 0 spiro atoms. The fourth-order valence-corrected chi connectivity index (χ4v) is 1.72. The van der Waals surface area contributed by atoms with Gasteiger partial charge < -0.3 is 9.47 Å². The Kier molecular flexibility index (Phi) is 4.18. The number of nitrogens with zero attached hydrogens (tertiary/aromatic N) is 2. The van der Waals surface area contributed by atoms with Crippen LogP contribution in [0.2, 0.25) is 0 Å². The van der Waals surface area contributed by atoms with Gasteiger partial charge in [-0.05, 0) is 30.7 Å². The summed E-state index contributed by atoms with van der Waals surface area (Å²) in [5.41, 5.74) is 1.67. The van der Waals surface area contributed by atoms with Crippen molar-refractivity contribution >= 4 is 6.29 Å². The first-order chi connectivity index (χ1) is 9.22. The van der Waals surface area contributed by atoms with Gasteiger partial charge >= 0.3 is 0 Å². The minimum Gasteiger partial charge on any atom is -0.493 e. The molecule has 19 heavy (non-hydrogen) atoms. The third-order valence-corrected chi connectivity index (χ3v) is 2.66. The molecular weight excluding hydrogens is 244 g/mol. The smallest absolute Gasteiger partial charge is 0.161 e. The van der Waals surface area contributed by atoms with E-state index >= 15 is 0 Å². The van der Waals surface area contributed by atoms with Crippen LogP contribution in [0.5, 0.6) is 11.5 Å². The molecule has 100 valence electrons. The monoisotopic (exact) mass is 260 g/mol. The lowest BCUT2D eigenvalue weighted by molar-refractivity contribution is 0.112. The number of rotatable bonds is 6. The minimum atomic E-state index is 0.458. The highest BCUT2D eigenvalue weighted by Crippen LogP contribution is 2.27. The van der Waals surface area contributed by atoms with E-state index in [1.807, 2.05) is 17.8 Å². The summed E-state index contributed by atoms with van der Waals surface area (Å²) in [6.45, 7) is 3.09. The number of carbonyl (C=O) groups excluding carboxylic acids is 1. The second kappa shape index (κ2) is 6.04. The summed E-state index contributed by atoms with van der Waals surface area (Å²) < 4.78 is 12.6. The standard InChI is InChI=1S/C14H16N2O3/c1-11-8-15-16(9-11)5-6-19-14-7-12(10-17)3-4-13(14)18-2/h3-4,7-10H,5-6H2,1-2H3. The van der Waals surface area contributed by atoms with Crippen molar-refractivity contribution in [3.05, 3.63) is 41.7 Å². The molecule has 0 N–H and O–H groups in total. The van der Waals surface area contributed by atoms with Gasteiger partial charge in [0.1, 0.15) is 12.9 Å². The van der Waals surface area contributed by atoms with Crippen LogP contribution in [0.4, 0.5) is 0 Å². The maximum Gasteiger partial charge on any atom is 0.161 e. The SMILES string of the molecule is COc1ccc(C=O)cc1OCCn1cc(C)cn1. The van der Waals surface area contributed by atoms with Crippen LogP contribution in [0.3, 0.4) is 0 Å². The number of aromatic nitrogens is 2. The van der Waals surface area contributed by atoms with E-state index in [1.165, 1.54) is 0 Å². The molecule has 1 aromatic carbocycles. The average molecular weight is 260 g/mol. The second-order valence-corrected chi connectivity index (χ2v) is 4.16. The summed E-state index contributed by atoms with van der Waals surface area (Å²) in [6, 6.07) is 5.08. The van der Waals surface area contributed by atoms with Gasteiger partial charge in [0.2, 0.25) is 0 Å². The first-order valence-electron chi connectivity index (χ1n) is 5.98. The highest BCUT2D eigenvalue weighted by molar-refractivity contribution is 5.76. The van der Waals surface area contributed by atoms with Crippen molar-refractivity contribution in [2.75, 3.05) is 13.7 Å². The van der Waals surface area contributed by atoms with E-state index in [1.54, 1.807) is 31.5 Å². The van der Waals surface area contributed by atoms with E-state index in [2.05, 4.69) is 5.10 Å². The number of benzene rings is 1. The van der Waals surface area contributed by atoms with E-state index in [-0.39, 0.29) is 0 Å². The van der Waals surface area contributed by atoms with Gasteiger partial charge in [0.25, 0.3) is 0 Å². The molecule has 0 aliphatic heterocycles. The molecule has 2 rings (SSSR count). The molecule has 2 aromatic rings. The van der Waals surface area contributed by atoms with Crippen LogP contribution in [-0.4, -0.2) is 29.8 Å². The fraction of sp³-hybridized carbons (Fsp3) is 0.286. The van der Waals surface area contributed by atoms with Crippen molar-refractivity contribution in [3.8, 4) is 11.5 Å². The third kappa shape index (κ3) is 3.34. The van der Waals surface area contributed by atoms with Crippen molar-refractivity contribution in [1.29, 1.82) is 0 Å². The lowest BCUT2D eigenvalue weighted by atomic mass is 10.2. The minimum absolute atomic E-state index is 0.458. The molecule has 0 saturated carbocycles. The largest absolute Gasteiger partial charge is 0.493 e. The molecule has 5 heteroatoms. The second-order valence-electron chi connectivity index (χ2n) is 4.16. The van der Waals surface area contributed by atoms with Crippen LogP contribution in [0.15, 0.2) is 30.6 Å². The summed E-state index contributed by atoms with van der Waals surface area (Å²) in [6.07, 6.45) is 4.53. The molecule has 0 aliphatic rings. The van der Waals surface area contributed by atoms with Gasteiger partial charge in [-0.3, -0.25) is 9.48 Å². The lowest BCUT2D eigenvalue weighted by Gasteiger charge is -2.11. The lowest BCUT2D eigenvalue weighted by Crippen LogP contribution is -2.09.